The summed E-state index contributed by atoms with van der Waals surface area (Å²) in [4.78, 5) is 11.0. The normalized spacial score (nSPS) is 11.6. The lowest BCUT2D eigenvalue weighted by atomic mass is 10.1. The third-order valence-corrected chi connectivity index (χ3v) is 2.08. The van der Waals surface area contributed by atoms with Crippen LogP contribution in [0, 0.1) is 12.7 Å². The van der Waals surface area contributed by atoms with Gasteiger partial charge >= 0.3 is 0 Å². The number of hydrogen-bond acceptors (Lipinski definition) is 1. The monoisotopic (exact) mass is 192 g/mol. The Morgan fingerprint density at radius 3 is 2.57 bits per heavy atom. The van der Waals surface area contributed by atoms with Crippen molar-refractivity contribution in [3.8, 4) is 0 Å². The molecule has 0 atom stereocenters. The van der Waals surface area contributed by atoms with E-state index in [9.17, 15) is 9.18 Å². The van der Waals surface area contributed by atoms with Crippen molar-refractivity contribution < 1.29 is 9.18 Å². The fraction of sp³-hybridized carbons (Fsp3) is 0.250. The van der Waals surface area contributed by atoms with Crippen LogP contribution >= 0.6 is 0 Å². The average Bonchev–Trinajstić information content (AvgIpc) is 2.11. The number of ketones is 1. The molecule has 1 aromatic carbocycles. The molecule has 0 saturated carbocycles. The van der Waals surface area contributed by atoms with E-state index in [-0.39, 0.29) is 11.6 Å². The Labute approximate surface area is 83.3 Å². The lowest BCUT2D eigenvalue weighted by Crippen LogP contribution is -1.92. The summed E-state index contributed by atoms with van der Waals surface area (Å²) in [5, 5.41) is 0. The van der Waals surface area contributed by atoms with Gasteiger partial charge in [0.25, 0.3) is 0 Å². The van der Waals surface area contributed by atoms with Crippen LogP contribution in [0.2, 0.25) is 0 Å². The highest BCUT2D eigenvalue weighted by molar-refractivity contribution is 5.97. The number of allylic oxidation sites excluding steroid dienone is 1. The van der Waals surface area contributed by atoms with Crippen LogP contribution in [0.3, 0.4) is 0 Å². The van der Waals surface area contributed by atoms with Gasteiger partial charge in [-0.25, -0.2) is 4.39 Å². The molecule has 0 aromatic heterocycles. The van der Waals surface area contributed by atoms with Crippen molar-refractivity contribution in [3.63, 3.8) is 0 Å². The van der Waals surface area contributed by atoms with E-state index in [2.05, 4.69) is 0 Å². The Kier molecular flexibility index (Phi) is 3.18. The van der Waals surface area contributed by atoms with Crippen LogP contribution in [-0.2, 0) is 4.79 Å². The first kappa shape index (κ1) is 10.6. The van der Waals surface area contributed by atoms with E-state index in [0.717, 1.165) is 5.56 Å². The zero-order chi connectivity index (χ0) is 10.7. The standard InChI is InChI=1S/C12H13FO/c1-8-4-5-12(13)11(6-8)7-9(2)10(3)14/h4-7H,1-3H3/b9-7+. The maximum Gasteiger partial charge on any atom is 0.155 e. The van der Waals surface area contributed by atoms with Crippen LogP contribution in [0.1, 0.15) is 25.0 Å². The maximum atomic E-state index is 13.2. The van der Waals surface area contributed by atoms with E-state index in [1.54, 1.807) is 25.1 Å². The summed E-state index contributed by atoms with van der Waals surface area (Å²) >= 11 is 0. The number of halogens is 1. The third-order valence-electron chi connectivity index (χ3n) is 2.08. The Balaban J connectivity index is 3.13. The Hall–Kier alpha value is -1.44. The van der Waals surface area contributed by atoms with Crippen molar-refractivity contribution in [2.45, 2.75) is 20.8 Å². The third kappa shape index (κ3) is 2.52. The Bertz CT molecular complexity index is 391. The average molecular weight is 192 g/mol. The first-order valence-electron chi connectivity index (χ1n) is 4.46. The SMILES string of the molecule is CC(=O)/C(C)=C/c1cc(C)ccc1F. The first-order chi connectivity index (χ1) is 6.50. The van der Waals surface area contributed by atoms with Crippen LogP contribution < -0.4 is 0 Å². The van der Waals surface area contributed by atoms with Crippen molar-refractivity contribution in [1.29, 1.82) is 0 Å². The molecule has 0 radical (unpaired) electrons. The second-order valence-electron chi connectivity index (χ2n) is 3.41. The second kappa shape index (κ2) is 4.18. The van der Waals surface area contributed by atoms with Gasteiger partial charge in [-0.05, 0) is 44.6 Å². The van der Waals surface area contributed by atoms with E-state index in [4.69, 9.17) is 0 Å². The number of carbonyl (C=O) groups is 1. The zero-order valence-corrected chi connectivity index (χ0v) is 8.60. The van der Waals surface area contributed by atoms with Crippen molar-refractivity contribution in [2.75, 3.05) is 0 Å². The van der Waals surface area contributed by atoms with Crippen LogP contribution in [-0.4, -0.2) is 5.78 Å². The maximum absolute atomic E-state index is 13.2. The lowest BCUT2D eigenvalue weighted by Gasteiger charge is -2.00. The predicted octanol–water partition coefficient (Wildman–Crippen LogP) is 3.13. The van der Waals surface area contributed by atoms with Gasteiger partial charge in [-0.2, -0.15) is 0 Å². The van der Waals surface area contributed by atoms with Crippen LogP contribution in [0.15, 0.2) is 23.8 Å². The molecule has 0 aliphatic rings. The van der Waals surface area contributed by atoms with Gasteiger partial charge in [-0.15, -0.1) is 0 Å². The van der Waals surface area contributed by atoms with Gasteiger partial charge in [0.2, 0.25) is 0 Å². The van der Waals surface area contributed by atoms with Crippen LogP contribution in [0.25, 0.3) is 6.08 Å². The first-order valence-corrected chi connectivity index (χ1v) is 4.46. The van der Waals surface area contributed by atoms with Crippen molar-refractivity contribution in [3.05, 3.63) is 40.7 Å². The van der Waals surface area contributed by atoms with E-state index in [0.29, 0.717) is 11.1 Å². The highest BCUT2D eigenvalue weighted by Gasteiger charge is 2.01. The summed E-state index contributed by atoms with van der Waals surface area (Å²) < 4.78 is 13.2. The molecule has 0 spiro atoms. The van der Waals surface area contributed by atoms with Gasteiger partial charge in [0, 0.05) is 5.56 Å². The van der Waals surface area contributed by atoms with E-state index >= 15 is 0 Å². The van der Waals surface area contributed by atoms with Gasteiger partial charge in [-0.3, -0.25) is 4.79 Å². The predicted molar refractivity (Wildman–Crippen MR) is 55.5 cm³/mol. The van der Waals surface area contributed by atoms with E-state index < -0.39 is 0 Å². The molecule has 0 aliphatic carbocycles. The fourth-order valence-electron chi connectivity index (χ4n) is 1.11. The fourth-order valence-corrected chi connectivity index (χ4v) is 1.11. The highest BCUT2D eigenvalue weighted by Crippen LogP contribution is 2.14. The summed E-state index contributed by atoms with van der Waals surface area (Å²) in [6.45, 7) is 5.05. The topological polar surface area (TPSA) is 17.1 Å². The molecule has 1 nitrogen and oxygen atoms in total. The smallest absolute Gasteiger partial charge is 0.155 e. The number of aryl methyl sites for hydroxylation is 1. The molecule has 0 N–H and O–H groups in total. The quantitative estimate of drug-likeness (QED) is 0.658. The van der Waals surface area contributed by atoms with Gasteiger partial charge in [0.05, 0.1) is 0 Å². The molecule has 0 heterocycles. The molecule has 2 heteroatoms. The molecule has 74 valence electrons. The molecular weight excluding hydrogens is 179 g/mol. The summed E-state index contributed by atoms with van der Waals surface area (Å²) in [7, 11) is 0. The van der Waals surface area contributed by atoms with Crippen LogP contribution in [0.5, 0.6) is 0 Å². The van der Waals surface area contributed by atoms with Crippen molar-refractivity contribution >= 4 is 11.9 Å². The lowest BCUT2D eigenvalue weighted by molar-refractivity contribution is -0.113. The summed E-state index contributed by atoms with van der Waals surface area (Å²) in [5.41, 5.74) is 2.02. The van der Waals surface area contributed by atoms with Gasteiger partial charge in [-0.1, -0.05) is 11.6 Å². The number of carbonyl (C=O) groups excluding carboxylic acids is 1. The van der Waals surface area contributed by atoms with Gasteiger partial charge < -0.3 is 0 Å². The molecule has 0 saturated heterocycles. The summed E-state index contributed by atoms with van der Waals surface area (Å²) in [6, 6.07) is 4.84. The number of benzene rings is 1. The molecule has 1 aromatic rings. The number of rotatable bonds is 2. The molecule has 1 rings (SSSR count). The van der Waals surface area contributed by atoms with Gasteiger partial charge in [0.1, 0.15) is 5.82 Å². The minimum Gasteiger partial charge on any atom is -0.295 e. The zero-order valence-electron chi connectivity index (χ0n) is 8.60. The molecule has 0 fully saturated rings. The number of hydrogen-bond donors (Lipinski definition) is 0. The molecule has 0 bridgehead atoms. The molecule has 0 aliphatic heterocycles. The minimum atomic E-state index is -0.295. The molecule has 0 unspecified atom stereocenters. The molecule has 0 amide bonds. The minimum absolute atomic E-state index is 0.0362. The summed E-state index contributed by atoms with van der Waals surface area (Å²) in [6.07, 6.45) is 1.57. The van der Waals surface area contributed by atoms with Crippen LogP contribution in [0.4, 0.5) is 4.39 Å². The Morgan fingerprint density at radius 2 is 2.00 bits per heavy atom. The van der Waals surface area contributed by atoms with E-state index in [1.807, 2.05) is 6.92 Å². The second-order valence-corrected chi connectivity index (χ2v) is 3.41. The van der Waals surface area contributed by atoms with Crippen molar-refractivity contribution in [1.82, 2.24) is 0 Å². The molecule has 14 heavy (non-hydrogen) atoms. The van der Waals surface area contributed by atoms with E-state index in [1.165, 1.54) is 13.0 Å². The summed E-state index contributed by atoms with van der Waals surface area (Å²) in [5.74, 6) is -0.331. The highest BCUT2D eigenvalue weighted by atomic mass is 19.1. The van der Waals surface area contributed by atoms with Crippen molar-refractivity contribution in [2.24, 2.45) is 0 Å². The number of Topliss-reactive ketones (excluding diaryl/α,β-unsaturated/α-hetero) is 1. The van der Waals surface area contributed by atoms with Gasteiger partial charge in [0.15, 0.2) is 5.78 Å². The largest absolute Gasteiger partial charge is 0.295 e. The molecular formula is C12H13FO. The Morgan fingerprint density at radius 1 is 1.36 bits per heavy atom.